The van der Waals surface area contributed by atoms with Gasteiger partial charge in [-0.15, -0.1) is 0 Å². The summed E-state index contributed by atoms with van der Waals surface area (Å²) in [7, 11) is 4.09. The van der Waals surface area contributed by atoms with Crippen LogP contribution >= 0.6 is 0 Å². The van der Waals surface area contributed by atoms with E-state index < -0.39 is 5.97 Å². The predicted molar refractivity (Wildman–Crippen MR) is 104 cm³/mol. The highest BCUT2D eigenvalue weighted by Gasteiger charge is 2.33. The Morgan fingerprint density at radius 3 is 2.41 bits per heavy atom. The highest BCUT2D eigenvalue weighted by atomic mass is 16.4. The summed E-state index contributed by atoms with van der Waals surface area (Å²) in [6, 6.07) is 8.81. The lowest BCUT2D eigenvalue weighted by Crippen LogP contribution is -2.51. The Labute approximate surface area is 161 Å². The standard InChI is InChI=1S/C21H31N3O3/c1-22(2)19-9-12-24(15-18(19)7-8-21(26)27)20(25)10-11-23-13-16-5-3-4-6-17(16)14-23/h3-6,18-19H,7-15H2,1-2H3,(H,26,27)/t18-,19+/m0/s1. The Balaban J connectivity index is 1.50. The summed E-state index contributed by atoms with van der Waals surface area (Å²) < 4.78 is 0. The van der Waals surface area contributed by atoms with Crippen molar-refractivity contribution in [3.05, 3.63) is 35.4 Å². The highest BCUT2D eigenvalue weighted by Crippen LogP contribution is 2.26. The molecule has 0 saturated carbocycles. The van der Waals surface area contributed by atoms with E-state index >= 15 is 0 Å². The maximum absolute atomic E-state index is 12.8. The average Bonchev–Trinajstić information content (AvgIpc) is 3.07. The molecule has 0 bridgehead atoms. The molecule has 6 heteroatoms. The number of piperidine rings is 1. The number of carbonyl (C=O) groups is 2. The zero-order valence-corrected chi connectivity index (χ0v) is 16.4. The van der Waals surface area contributed by atoms with Crippen molar-refractivity contribution in [3.63, 3.8) is 0 Å². The molecule has 0 unspecified atom stereocenters. The van der Waals surface area contributed by atoms with E-state index in [1.54, 1.807) is 0 Å². The molecule has 2 heterocycles. The van der Waals surface area contributed by atoms with Crippen LogP contribution in [0.25, 0.3) is 0 Å². The van der Waals surface area contributed by atoms with Crippen LogP contribution in [0, 0.1) is 5.92 Å². The predicted octanol–water partition coefficient (Wildman–Crippen LogP) is 2.04. The van der Waals surface area contributed by atoms with Gasteiger partial charge in [0, 0.05) is 51.6 Å². The van der Waals surface area contributed by atoms with E-state index in [9.17, 15) is 9.59 Å². The van der Waals surface area contributed by atoms with Gasteiger partial charge in [0.1, 0.15) is 0 Å². The maximum Gasteiger partial charge on any atom is 0.303 e. The number of benzene rings is 1. The minimum Gasteiger partial charge on any atom is -0.481 e. The van der Waals surface area contributed by atoms with E-state index in [1.807, 2.05) is 19.0 Å². The van der Waals surface area contributed by atoms with Gasteiger partial charge in [0.15, 0.2) is 0 Å². The molecular weight excluding hydrogens is 342 g/mol. The second-order valence-corrected chi connectivity index (χ2v) is 8.08. The molecule has 0 spiro atoms. The minimum atomic E-state index is -0.760. The first-order valence-corrected chi connectivity index (χ1v) is 9.89. The van der Waals surface area contributed by atoms with Gasteiger partial charge in [-0.05, 0) is 44.0 Å². The molecule has 2 aliphatic rings. The number of hydrogen-bond donors (Lipinski definition) is 1. The van der Waals surface area contributed by atoms with Crippen LogP contribution in [-0.4, -0.2) is 71.5 Å². The zero-order chi connectivity index (χ0) is 19.4. The molecule has 3 rings (SSSR count). The lowest BCUT2D eigenvalue weighted by molar-refractivity contribution is -0.137. The summed E-state index contributed by atoms with van der Waals surface area (Å²) in [5.74, 6) is -0.335. The third kappa shape index (κ3) is 5.08. The fraction of sp³-hybridized carbons (Fsp3) is 0.619. The minimum absolute atomic E-state index is 0.170. The number of rotatable bonds is 7. The van der Waals surface area contributed by atoms with Crippen molar-refractivity contribution in [1.29, 1.82) is 0 Å². The van der Waals surface area contributed by atoms with E-state index in [1.165, 1.54) is 11.1 Å². The molecule has 148 valence electrons. The van der Waals surface area contributed by atoms with Crippen LogP contribution in [-0.2, 0) is 22.7 Å². The van der Waals surface area contributed by atoms with E-state index in [0.29, 0.717) is 25.4 Å². The second-order valence-electron chi connectivity index (χ2n) is 8.08. The van der Waals surface area contributed by atoms with Crippen molar-refractivity contribution in [2.75, 3.05) is 33.7 Å². The van der Waals surface area contributed by atoms with Crippen LogP contribution in [0.5, 0.6) is 0 Å². The Morgan fingerprint density at radius 1 is 1.15 bits per heavy atom. The Morgan fingerprint density at radius 2 is 1.81 bits per heavy atom. The quantitative estimate of drug-likeness (QED) is 0.792. The van der Waals surface area contributed by atoms with Crippen molar-refractivity contribution in [2.24, 2.45) is 5.92 Å². The third-order valence-corrected chi connectivity index (χ3v) is 5.99. The molecule has 6 nitrogen and oxygen atoms in total. The molecule has 1 aromatic rings. The molecule has 1 saturated heterocycles. The molecule has 2 atom stereocenters. The van der Waals surface area contributed by atoms with Gasteiger partial charge in [0.05, 0.1) is 0 Å². The number of hydrogen-bond acceptors (Lipinski definition) is 4. The van der Waals surface area contributed by atoms with E-state index in [2.05, 4.69) is 34.1 Å². The normalized spacial score (nSPS) is 22.9. The zero-order valence-electron chi connectivity index (χ0n) is 16.4. The van der Waals surface area contributed by atoms with Crippen molar-refractivity contribution in [3.8, 4) is 0 Å². The molecule has 0 aliphatic carbocycles. The molecule has 2 aliphatic heterocycles. The Kier molecular flexibility index (Phi) is 6.50. The first-order valence-electron chi connectivity index (χ1n) is 9.89. The maximum atomic E-state index is 12.8. The van der Waals surface area contributed by atoms with Crippen molar-refractivity contribution in [1.82, 2.24) is 14.7 Å². The number of likely N-dealkylation sites (tertiary alicyclic amines) is 1. The van der Waals surface area contributed by atoms with E-state index in [-0.39, 0.29) is 18.2 Å². The number of nitrogens with zero attached hydrogens (tertiary/aromatic N) is 3. The van der Waals surface area contributed by atoms with Crippen LogP contribution in [0.1, 0.15) is 36.8 Å². The molecular formula is C21H31N3O3. The molecule has 1 aromatic carbocycles. The van der Waals surface area contributed by atoms with Gasteiger partial charge in [0.2, 0.25) is 5.91 Å². The fourth-order valence-electron chi connectivity index (χ4n) is 4.49. The Bertz CT molecular complexity index is 651. The lowest BCUT2D eigenvalue weighted by Gasteiger charge is -2.41. The van der Waals surface area contributed by atoms with Gasteiger partial charge in [0.25, 0.3) is 0 Å². The first kappa shape index (κ1) is 19.8. The topological polar surface area (TPSA) is 64.1 Å². The molecule has 27 heavy (non-hydrogen) atoms. The summed E-state index contributed by atoms with van der Waals surface area (Å²) in [6.07, 6.45) is 2.25. The number of carboxylic acid groups (broad SMARTS) is 1. The van der Waals surface area contributed by atoms with Crippen molar-refractivity contribution < 1.29 is 14.7 Å². The summed E-state index contributed by atoms with van der Waals surface area (Å²) in [5.41, 5.74) is 2.73. The summed E-state index contributed by atoms with van der Waals surface area (Å²) in [5, 5.41) is 9.02. The Hall–Kier alpha value is -1.92. The van der Waals surface area contributed by atoms with Crippen molar-refractivity contribution in [2.45, 2.75) is 44.8 Å². The summed E-state index contributed by atoms with van der Waals surface area (Å²) >= 11 is 0. The van der Waals surface area contributed by atoms with E-state index in [0.717, 1.165) is 32.6 Å². The third-order valence-electron chi connectivity index (χ3n) is 5.99. The van der Waals surface area contributed by atoms with Gasteiger partial charge >= 0.3 is 5.97 Å². The molecule has 1 N–H and O–H groups in total. The van der Waals surface area contributed by atoms with Crippen LogP contribution in [0.4, 0.5) is 0 Å². The average molecular weight is 373 g/mol. The van der Waals surface area contributed by atoms with Crippen LogP contribution in [0.3, 0.4) is 0 Å². The number of amides is 1. The fourth-order valence-corrected chi connectivity index (χ4v) is 4.49. The number of aliphatic carboxylic acids is 1. The van der Waals surface area contributed by atoms with Gasteiger partial charge in [-0.2, -0.15) is 0 Å². The number of carbonyl (C=O) groups excluding carboxylic acids is 1. The van der Waals surface area contributed by atoms with Crippen LogP contribution in [0.15, 0.2) is 24.3 Å². The lowest BCUT2D eigenvalue weighted by atomic mass is 9.87. The smallest absolute Gasteiger partial charge is 0.303 e. The number of carboxylic acids is 1. The van der Waals surface area contributed by atoms with E-state index in [4.69, 9.17) is 5.11 Å². The monoisotopic (exact) mass is 373 g/mol. The van der Waals surface area contributed by atoms with Crippen LogP contribution < -0.4 is 0 Å². The molecule has 0 radical (unpaired) electrons. The highest BCUT2D eigenvalue weighted by molar-refractivity contribution is 5.76. The first-order chi connectivity index (χ1) is 12.9. The number of fused-ring (bicyclic) bond motifs is 1. The van der Waals surface area contributed by atoms with Crippen LogP contribution in [0.2, 0.25) is 0 Å². The van der Waals surface area contributed by atoms with Gasteiger partial charge in [-0.25, -0.2) is 0 Å². The molecule has 1 amide bonds. The summed E-state index contributed by atoms with van der Waals surface area (Å²) in [4.78, 5) is 30.2. The second kappa shape index (κ2) is 8.85. The van der Waals surface area contributed by atoms with Gasteiger partial charge < -0.3 is 14.9 Å². The largest absolute Gasteiger partial charge is 0.481 e. The van der Waals surface area contributed by atoms with Crippen molar-refractivity contribution >= 4 is 11.9 Å². The van der Waals surface area contributed by atoms with Gasteiger partial charge in [-0.1, -0.05) is 24.3 Å². The van der Waals surface area contributed by atoms with Gasteiger partial charge in [-0.3, -0.25) is 14.5 Å². The molecule has 1 fully saturated rings. The molecule has 0 aromatic heterocycles. The SMILES string of the molecule is CN(C)[C@@H]1CCN(C(=O)CCN2Cc3ccccc3C2)C[C@@H]1CCC(=O)O. The summed E-state index contributed by atoms with van der Waals surface area (Å²) in [6.45, 7) is 4.07.